The van der Waals surface area contributed by atoms with Crippen LogP contribution in [0.15, 0.2) is 0 Å². The van der Waals surface area contributed by atoms with Crippen molar-refractivity contribution < 1.29 is 0 Å². The van der Waals surface area contributed by atoms with Gasteiger partial charge in [0.15, 0.2) is 5.82 Å². The lowest BCUT2D eigenvalue weighted by atomic mass is 9.95. The largest absolute Gasteiger partial charge is 0.245 e. The third-order valence-electron chi connectivity index (χ3n) is 5.36. The Balaban J connectivity index is 1.64. The van der Waals surface area contributed by atoms with Gasteiger partial charge in [0.1, 0.15) is 18.2 Å². The average Bonchev–Trinajstić information content (AvgIpc) is 3.30. The molecule has 2 aliphatic rings. The fourth-order valence-electron chi connectivity index (χ4n) is 3.99. The van der Waals surface area contributed by atoms with Gasteiger partial charge in [-0.25, -0.2) is 14.3 Å². The van der Waals surface area contributed by atoms with E-state index in [2.05, 4.69) is 20.2 Å². The lowest BCUT2D eigenvalue weighted by molar-refractivity contribution is 0.316. The van der Waals surface area contributed by atoms with Crippen LogP contribution in [0.4, 0.5) is 0 Å². The second-order valence-corrected chi connectivity index (χ2v) is 6.99. The number of aryl methyl sites for hydroxylation is 1. The Bertz CT molecular complexity index is 647. The smallest absolute Gasteiger partial charge is 0.154 e. The van der Waals surface area contributed by atoms with Gasteiger partial charge in [0.2, 0.25) is 0 Å². The maximum Gasteiger partial charge on any atom is 0.154 e. The van der Waals surface area contributed by atoms with Crippen molar-refractivity contribution >= 4 is 0 Å². The Kier molecular flexibility index (Phi) is 4.10. The highest BCUT2D eigenvalue weighted by Gasteiger charge is 2.26. The summed E-state index contributed by atoms with van der Waals surface area (Å²) in [6, 6.07) is 0.498. The number of nitrogens with zero attached hydrogens (tertiary/aromatic N) is 7. The monoisotopic (exact) mass is 315 g/mol. The van der Waals surface area contributed by atoms with E-state index in [1.165, 1.54) is 57.8 Å². The highest BCUT2D eigenvalue weighted by Crippen LogP contribution is 2.34. The van der Waals surface area contributed by atoms with Crippen LogP contribution in [-0.4, -0.2) is 35.0 Å². The van der Waals surface area contributed by atoms with Crippen molar-refractivity contribution in [2.45, 2.75) is 83.2 Å². The molecule has 2 heterocycles. The first-order valence-corrected chi connectivity index (χ1v) is 8.99. The third-order valence-corrected chi connectivity index (χ3v) is 5.36. The first-order valence-electron chi connectivity index (χ1n) is 8.99. The molecule has 2 aromatic heterocycles. The topological polar surface area (TPSA) is 74.3 Å². The molecule has 2 aliphatic carbocycles. The van der Waals surface area contributed by atoms with Crippen LogP contribution in [0.5, 0.6) is 0 Å². The number of rotatable bonds is 4. The van der Waals surface area contributed by atoms with E-state index in [1.807, 2.05) is 11.6 Å². The highest BCUT2D eigenvalue weighted by atomic mass is 15.5. The van der Waals surface area contributed by atoms with Gasteiger partial charge in [-0.1, -0.05) is 32.1 Å². The first kappa shape index (κ1) is 14.8. The summed E-state index contributed by atoms with van der Waals surface area (Å²) in [6.45, 7) is 2.55. The molecule has 0 amide bonds. The summed E-state index contributed by atoms with van der Waals surface area (Å²) >= 11 is 0. The van der Waals surface area contributed by atoms with Crippen molar-refractivity contribution in [3.63, 3.8) is 0 Å². The molecule has 7 heteroatoms. The third kappa shape index (κ3) is 3.01. The minimum absolute atomic E-state index is 0.498. The van der Waals surface area contributed by atoms with Crippen LogP contribution in [0.3, 0.4) is 0 Å². The molecule has 0 saturated heterocycles. The van der Waals surface area contributed by atoms with Crippen LogP contribution in [0.25, 0.3) is 0 Å². The van der Waals surface area contributed by atoms with E-state index < -0.39 is 0 Å². The Hall–Kier alpha value is -1.79. The molecule has 4 rings (SSSR count). The maximum absolute atomic E-state index is 4.95. The molecule has 7 nitrogen and oxygen atoms in total. The Morgan fingerprint density at radius 3 is 2.43 bits per heavy atom. The van der Waals surface area contributed by atoms with Gasteiger partial charge >= 0.3 is 0 Å². The fraction of sp³-hybridized carbons (Fsp3) is 0.812. The van der Waals surface area contributed by atoms with Crippen molar-refractivity contribution in [2.75, 3.05) is 0 Å². The Morgan fingerprint density at radius 2 is 1.74 bits per heavy atom. The molecule has 0 unspecified atom stereocenters. The maximum atomic E-state index is 4.95. The van der Waals surface area contributed by atoms with E-state index in [0.29, 0.717) is 18.5 Å². The van der Waals surface area contributed by atoms with Crippen molar-refractivity contribution in [1.29, 1.82) is 0 Å². The van der Waals surface area contributed by atoms with Gasteiger partial charge in [0.25, 0.3) is 0 Å². The summed E-state index contributed by atoms with van der Waals surface area (Å²) in [5.74, 6) is 3.45. The van der Waals surface area contributed by atoms with Gasteiger partial charge in [0, 0.05) is 5.92 Å². The summed E-state index contributed by atoms with van der Waals surface area (Å²) in [5.41, 5.74) is 0. The van der Waals surface area contributed by atoms with Crippen molar-refractivity contribution in [1.82, 2.24) is 35.0 Å². The second kappa shape index (κ2) is 6.37. The minimum atomic E-state index is 0.498. The molecule has 0 atom stereocenters. The van der Waals surface area contributed by atoms with E-state index in [1.54, 1.807) is 0 Å². The molecule has 2 fully saturated rings. The lowest BCUT2D eigenvalue weighted by Crippen LogP contribution is -2.19. The summed E-state index contributed by atoms with van der Waals surface area (Å²) < 4.78 is 4.02. The molecule has 0 aromatic carbocycles. The summed E-state index contributed by atoms with van der Waals surface area (Å²) in [5, 5.41) is 16.8. The summed E-state index contributed by atoms with van der Waals surface area (Å²) in [7, 11) is 0. The van der Waals surface area contributed by atoms with Gasteiger partial charge in [-0.2, -0.15) is 5.10 Å². The van der Waals surface area contributed by atoms with Gasteiger partial charge < -0.3 is 0 Å². The molecule has 0 radical (unpaired) electrons. The predicted octanol–water partition coefficient (Wildman–Crippen LogP) is 2.78. The molecule has 0 spiro atoms. The van der Waals surface area contributed by atoms with Gasteiger partial charge in [-0.3, -0.25) is 0 Å². The minimum Gasteiger partial charge on any atom is -0.245 e. The van der Waals surface area contributed by atoms with E-state index in [-0.39, 0.29) is 0 Å². The fourth-order valence-corrected chi connectivity index (χ4v) is 3.99. The van der Waals surface area contributed by atoms with Gasteiger partial charge in [-0.05, 0) is 43.0 Å². The molecular weight excluding hydrogens is 290 g/mol. The van der Waals surface area contributed by atoms with E-state index in [4.69, 9.17) is 10.1 Å². The molecule has 0 N–H and O–H groups in total. The Morgan fingerprint density at radius 1 is 1.00 bits per heavy atom. The number of tetrazole rings is 1. The van der Waals surface area contributed by atoms with Gasteiger partial charge in [0.05, 0.1) is 6.04 Å². The number of aromatic nitrogens is 7. The molecule has 0 bridgehead atoms. The zero-order valence-electron chi connectivity index (χ0n) is 13.9. The molecule has 2 saturated carbocycles. The van der Waals surface area contributed by atoms with Crippen LogP contribution in [0.2, 0.25) is 0 Å². The zero-order valence-corrected chi connectivity index (χ0v) is 13.9. The van der Waals surface area contributed by atoms with Crippen LogP contribution in [0.1, 0.15) is 87.2 Å². The summed E-state index contributed by atoms with van der Waals surface area (Å²) in [4.78, 5) is 4.92. The van der Waals surface area contributed by atoms with Crippen LogP contribution in [-0.2, 0) is 6.54 Å². The molecular formula is C16H25N7. The van der Waals surface area contributed by atoms with E-state index in [9.17, 15) is 0 Å². The second-order valence-electron chi connectivity index (χ2n) is 6.99. The Labute approximate surface area is 136 Å². The SMILES string of the molecule is Cc1nnnn1Cc1nc(C2CCCC2)nn1C1CCCCC1. The highest BCUT2D eigenvalue weighted by molar-refractivity contribution is 5.03. The standard InChI is InChI=1S/C16H25N7/c1-12-18-20-21-22(12)11-15-17-16(13-7-5-6-8-13)19-23(15)14-9-3-2-4-10-14/h13-14H,2-11H2,1H3. The average molecular weight is 315 g/mol. The van der Waals surface area contributed by atoms with Crippen LogP contribution in [0, 0.1) is 6.92 Å². The van der Waals surface area contributed by atoms with E-state index >= 15 is 0 Å². The van der Waals surface area contributed by atoms with Crippen molar-refractivity contribution in [3.05, 3.63) is 17.5 Å². The lowest BCUT2D eigenvalue weighted by Gasteiger charge is -2.23. The number of hydrogen-bond donors (Lipinski definition) is 0. The number of hydrogen-bond acceptors (Lipinski definition) is 5. The van der Waals surface area contributed by atoms with E-state index in [0.717, 1.165) is 17.5 Å². The molecule has 2 aromatic rings. The quantitative estimate of drug-likeness (QED) is 0.867. The molecule has 0 aliphatic heterocycles. The molecule has 124 valence electrons. The normalized spacial score (nSPS) is 20.4. The van der Waals surface area contributed by atoms with Crippen LogP contribution >= 0.6 is 0 Å². The van der Waals surface area contributed by atoms with Crippen molar-refractivity contribution in [2.24, 2.45) is 0 Å². The summed E-state index contributed by atoms with van der Waals surface area (Å²) in [6.07, 6.45) is 11.5. The van der Waals surface area contributed by atoms with Crippen molar-refractivity contribution in [3.8, 4) is 0 Å². The van der Waals surface area contributed by atoms with Crippen LogP contribution < -0.4 is 0 Å². The zero-order chi connectivity index (χ0) is 15.6. The van der Waals surface area contributed by atoms with Gasteiger partial charge in [-0.15, -0.1) is 5.10 Å². The predicted molar refractivity (Wildman–Crippen MR) is 85.0 cm³/mol. The molecule has 23 heavy (non-hydrogen) atoms. The first-order chi connectivity index (χ1) is 11.3.